The molecule has 174 valence electrons. The summed E-state index contributed by atoms with van der Waals surface area (Å²) in [6.45, 7) is 3.81. The van der Waals surface area contributed by atoms with Gasteiger partial charge >= 0.3 is 0 Å². The molecule has 2 heterocycles. The molecule has 0 bridgehead atoms. The first-order chi connectivity index (χ1) is 15.8. The van der Waals surface area contributed by atoms with Crippen molar-refractivity contribution in [2.24, 2.45) is 0 Å². The third-order valence-electron chi connectivity index (χ3n) is 5.19. The van der Waals surface area contributed by atoms with Gasteiger partial charge in [-0.3, -0.25) is 4.72 Å². The van der Waals surface area contributed by atoms with E-state index in [9.17, 15) is 17.2 Å². The lowest BCUT2D eigenvalue weighted by atomic mass is 10.1. The molecule has 0 saturated carbocycles. The number of piperidine rings is 1. The molecule has 1 aromatic heterocycles. The molecule has 3 aromatic rings. The van der Waals surface area contributed by atoms with Crippen LogP contribution in [0.3, 0.4) is 0 Å². The summed E-state index contributed by atoms with van der Waals surface area (Å²) in [5.74, 6) is -0.820. The van der Waals surface area contributed by atoms with Gasteiger partial charge in [-0.05, 0) is 68.1 Å². The van der Waals surface area contributed by atoms with Crippen molar-refractivity contribution in [3.05, 3.63) is 71.4 Å². The molecule has 2 N–H and O–H groups in total. The molecule has 1 aliphatic rings. The smallest absolute Gasteiger partial charge is 0.236 e. The van der Waals surface area contributed by atoms with Crippen molar-refractivity contribution in [1.82, 2.24) is 9.97 Å². The highest BCUT2D eigenvalue weighted by molar-refractivity contribution is 7.91. The Kier molecular flexibility index (Phi) is 6.73. The maximum atomic E-state index is 13.3. The maximum absolute atomic E-state index is 13.3. The fourth-order valence-corrected chi connectivity index (χ4v) is 4.92. The number of hydrogen-bond acceptors (Lipinski definition) is 6. The molecule has 1 aliphatic heterocycles. The summed E-state index contributed by atoms with van der Waals surface area (Å²) in [5.41, 5.74) is 1.95. The lowest BCUT2D eigenvalue weighted by molar-refractivity contribution is 0.568. The van der Waals surface area contributed by atoms with E-state index in [2.05, 4.69) is 24.9 Å². The van der Waals surface area contributed by atoms with E-state index in [1.807, 2.05) is 13.0 Å². The van der Waals surface area contributed by atoms with Gasteiger partial charge in [0.1, 0.15) is 17.5 Å². The Morgan fingerprint density at radius 2 is 1.55 bits per heavy atom. The summed E-state index contributed by atoms with van der Waals surface area (Å²) in [5, 5.41) is 3.23. The number of aromatic nitrogens is 2. The summed E-state index contributed by atoms with van der Waals surface area (Å²) in [6.07, 6.45) is 3.49. The molecule has 1 fully saturated rings. The van der Waals surface area contributed by atoms with Crippen LogP contribution in [0.4, 0.5) is 31.9 Å². The lowest BCUT2D eigenvalue weighted by Gasteiger charge is -2.27. The van der Waals surface area contributed by atoms with Crippen molar-refractivity contribution in [2.75, 3.05) is 28.0 Å². The van der Waals surface area contributed by atoms with Crippen LogP contribution in [0.5, 0.6) is 0 Å². The number of rotatable bonds is 7. The number of aryl methyl sites for hydroxylation is 1. The van der Waals surface area contributed by atoms with Crippen LogP contribution in [0, 0.1) is 18.6 Å². The molecule has 33 heavy (non-hydrogen) atoms. The zero-order valence-electron chi connectivity index (χ0n) is 18.2. The molecule has 0 aliphatic carbocycles. The van der Waals surface area contributed by atoms with Gasteiger partial charge in [-0.2, -0.15) is 4.98 Å². The van der Waals surface area contributed by atoms with Crippen LogP contribution in [0.1, 0.15) is 30.5 Å². The number of sulfonamides is 1. The first-order valence-electron chi connectivity index (χ1n) is 10.7. The molecule has 0 atom stereocenters. The number of nitrogens with one attached hydrogen (secondary N) is 2. The van der Waals surface area contributed by atoms with Crippen molar-refractivity contribution in [1.29, 1.82) is 0 Å². The van der Waals surface area contributed by atoms with E-state index in [4.69, 9.17) is 0 Å². The highest BCUT2D eigenvalue weighted by Gasteiger charge is 2.16. The first-order valence-corrected chi connectivity index (χ1v) is 12.3. The van der Waals surface area contributed by atoms with Gasteiger partial charge in [0.2, 0.25) is 16.0 Å². The minimum absolute atomic E-state index is 0.0296. The normalized spacial score (nSPS) is 14.2. The van der Waals surface area contributed by atoms with E-state index in [0.29, 0.717) is 23.5 Å². The highest BCUT2D eigenvalue weighted by atomic mass is 32.2. The summed E-state index contributed by atoms with van der Waals surface area (Å²) >= 11 is 0. The van der Waals surface area contributed by atoms with Crippen LogP contribution in [-0.2, 0) is 15.8 Å². The van der Waals surface area contributed by atoms with E-state index in [0.717, 1.165) is 49.4 Å². The Labute approximate surface area is 191 Å². The SMILES string of the molecule is Cc1cc(Nc2ccc(NS(=O)(=O)Cc3cc(F)cc(F)c3)cc2)nc(N2CCCCC2)n1. The van der Waals surface area contributed by atoms with Crippen LogP contribution in [0.25, 0.3) is 0 Å². The maximum Gasteiger partial charge on any atom is 0.236 e. The van der Waals surface area contributed by atoms with Gasteiger partial charge in [-0.15, -0.1) is 0 Å². The molecular formula is C23H25F2N5O2S. The number of halogens is 2. The van der Waals surface area contributed by atoms with Crippen LogP contribution < -0.4 is 14.9 Å². The summed E-state index contributed by atoms with van der Waals surface area (Å²) in [7, 11) is -3.85. The molecule has 7 nitrogen and oxygen atoms in total. The second-order valence-corrected chi connectivity index (χ2v) is 9.81. The number of hydrogen-bond donors (Lipinski definition) is 2. The predicted molar refractivity (Wildman–Crippen MR) is 125 cm³/mol. The Morgan fingerprint density at radius 3 is 2.21 bits per heavy atom. The van der Waals surface area contributed by atoms with Gasteiger partial charge in [-0.25, -0.2) is 22.2 Å². The van der Waals surface area contributed by atoms with Gasteiger partial charge < -0.3 is 10.2 Å². The molecule has 1 saturated heterocycles. The van der Waals surface area contributed by atoms with E-state index in [-0.39, 0.29) is 5.56 Å². The molecule has 0 radical (unpaired) electrons. The van der Waals surface area contributed by atoms with Crippen molar-refractivity contribution in [3.8, 4) is 0 Å². The average molecular weight is 474 g/mol. The Hall–Kier alpha value is -3.27. The third-order valence-corrected chi connectivity index (χ3v) is 6.45. The van der Waals surface area contributed by atoms with Crippen LogP contribution >= 0.6 is 0 Å². The fourth-order valence-electron chi connectivity index (χ4n) is 3.75. The molecule has 2 aromatic carbocycles. The lowest BCUT2D eigenvalue weighted by Crippen LogP contribution is -2.31. The minimum Gasteiger partial charge on any atom is -0.341 e. The van der Waals surface area contributed by atoms with Crippen LogP contribution in [0.2, 0.25) is 0 Å². The zero-order valence-corrected chi connectivity index (χ0v) is 19.0. The van der Waals surface area contributed by atoms with Gasteiger partial charge in [0.25, 0.3) is 0 Å². The molecule has 4 rings (SSSR count). The standard InChI is InChI=1S/C23H25F2N5O2S/c1-16-11-22(28-23(26-16)30-9-3-2-4-10-30)27-20-5-7-21(8-6-20)29-33(31,32)15-17-12-18(24)14-19(25)13-17/h5-8,11-14,29H,2-4,9-10,15H2,1H3,(H,26,27,28). The second-order valence-electron chi connectivity index (χ2n) is 8.08. The van der Waals surface area contributed by atoms with Crippen molar-refractivity contribution in [2.45, 2.75) is 31.9 Å². The molecule has 0 amide bonds. The van der Waals surface area contributed by atoms with E-state index in [1.165, 1.54) is 6.42 Å². The predicted octanol–water partition coefficient (Wildman–Crippen LogP) is 4.74. The van der Waals surface area contributed by atoms with Gasteiger partial charge in [-0.1, -0.05) is 0 Å². The average Bonchev–Trinajstić information content (AvgIpc) is 2.74. The molecule has 10 heteroatoms. The molecule has 0 unspecified atom stereocenters. The van der Waals surface area contributed by atoms with E-state index >= 15 is 0 Å². The van der Waals surface area contributed by atoms with Gasteiger partial charge in [0.05, 0.1) is 5.75 Å². The number of benzene rings is 2. The Morgan fingerprint density at radius 1 is 0.909 bits per heavy atom. The van der Waals surface area contributed by atoms with Crippen LogP contribution in [0.15, 0.2) is 48.5 Å². The van der Waals surface area contributed by atoms with Crippen molar-refractivity contribution < 1.29 is 17.2 Å². The number of nitrogens with zero attached hydrogens (tertiary/aromatic N) is 3. The third kappa shape index (κ3) is 6.38. The summed E-state index contributed by atoms with van der Waals surface area (Å²) in [4.78, 5) is 11.4. The second kappa shape index (κ2) is 9.70. The summed E-state index contributed by atoms with van der Waals surface area (Å²) in [6, 6.07) is 11.2. The Bertz CT molecular complexity index is 1210. The fraction of sp³-hybridized carbons (Fsp3) is 0.304. The number of anilines is 4. The van der Waals surface area contributed by atoms with Crippen molar-refractivity contribution in [3.63, 3.8) is 0 Å². The van der Waals surface area contributed by atoms with E-state index in [1.54, 1.807) is 24.3 Å². The zero-order chi connectivity index (χ0) is 23.4. The highest BCUT2D eigenvalue weighted by Crippen LogP contribution is 2.23. The quantitative estimate of drug-likeness (QED) is 0.516. The monoisotopic (exact) mass is 473 g/mol. The topological polar surface area (TPSA) is 87.2 Å². The minimum atomic E-state index is -3.85. The molecular weight excluding hydrogens is 448 g/mol. The largest absolute Gasteiger partial charge is 0.341 e. The van der Waals surface area contributed by atoms with Gasteiger partial charge in [0.15, 0.2) is 0 Å². The Balaban J connectivity index is 1.42. The van der Waals surface area contributed by atoms with E-state index < -0.39 is 27.4 Å². The first kappa shape index (κ1) is 22.9. The summed E-state index contributed by atoms with van der Waals surface area (Å²) < 4.78 is 53.9. The molecule has 0 spiro atoms. The van der Waals surface area contributed by atoms with Crippen LogP contribution in [-0.4, -0.2) is 31.5 Å². The van der Waals surface area contributed by atoms with Gasteiger partial charge in [0, 0.05) is 42.3 Å². The van der Waals surface area contributed by atoms with Crippen molar-refractivity contribution >= 4 is 33.2 Å².